The van der Waals surface area contributed by atoms with Gasteiger partial charge in [0.2, 0.25) is 0 Å². The van der Waals surface area contributed by atoms with Crippen LogP contribution in [0.4, 0.5) is 0 Å². The molecular weight excluding hydrogens is 168 g/mol. The van der Waals surface area contributed by atoms with Gasteiger partial charge in [0, 0.05) is 11.1 Å². The zero-order valence-corrected chi connectivity index (χ0v) is 8.06. The molecule has 0 fully saturated rings. The molecule has 2 nitrogen and oxygen atoms in total. The minimum atomic E-state index is 0.422. The van der Waals surface area contributed by atoms with E-state index in [1.807, 2.05) is 12.3 Å². The quantitative estimate of drug-likeness (QED) is 0.672. The van der Waals surface area contributed by atoms with Gasteiger partial charge < -0.3 is 0 Å². The van der Waals surface area contributed by atoms with Gasteiger partial charge in [-0.3, -0.25) is 9.71 Å². The third-order valence-electron chi connectivity index (χ3n) is 2.06. The van der Waals surface area contributed by atoms with Gasteiger partial charge >= 0.3 is 0 Å². The van der Waals surface area contributed by atoms with Gasteiger partial charge in [0.15, 0.2) is 0 Å². The fraction of sp³-hybridized carbons (Fsp3) is 0.444. The molecule has 2 heterocycles. The highest BCUT2D eigenvalue weighted by molar-refractivity contribution is 7.97. The van der Waals surface area contributed by atoms with Crippen LogP contribution in [-0.4, -0.2) is 4.98 Å². The highest BCUT2D eigenvalue weighted by atomic mass is 32.2. The molecular formula is C9H12N2S. The molecule has 0 aliphatic carbocycles. The number of hydrogen-bond acceptors (Lipinski definition) is 3. The molecule has 0 aromatic carbocycles. The lowest BCUT2D eigenvalue weighted by atomic mass is 10.0. The molecule has 12 heavy (non-hydrogen) atoms. The Morgan fingerprint density at radius 2 is 2.42 bits per heavy atom. The number of nitrogens with zero attached hydrogens (tertiary/aromatic N) is 1. The number of fused-ring (bicyclic) bond motifs is 1. The molecule has 0 radical (unpaired) electrons. The van der Waals surface area contributed by atoms with E-state index in [0.29, 0.717) is 12.0 Å². The van der Waals surface area contributed by atoms with Crippen molar-refractivity contribution < 1.29 is 0 Å². The van der Waals surface area contributed by atoms with E-state index in [0.717, 1.165) is 0 Å². The monoisotopic (exact) mass is 180 g/mol. The number of hydrogen-bond donors (Lipinski definition) is 1. The third-order valence-corrected chi connectivity index (χ3v) is 2.99. The van der Waals surface area contributed by atoms with Gasteiger partial charge in [0.25, 0.3) is 0 Å². The highest BCUT2D eigenvalue weighted by Gasteiger charge is 2.25. The lowest BCUT2D eigenvalue weighted by molar-refractivity contribution is 0.480. The largest absolute Gasteiger partial charge is 0.258 e. The highest BCUT2D eigenvalue weighted by Crippen LogP contribution is 2.36. The maximum absolute atomic E-state index is 4.38. The van der Waals surface area contributed by atoms with E-state index in [4.69, 9.17) is 0 Å². The summed E-state index contributed by atoms with van der Waals surface area (Å²) < 4.78 is 3.38. The van der Waals surface area contributed by atoms with Crippen LogP contribution in [0.3, 0.4) is 0 Å². The van der Waals surface area contributed by atoms with Crippen molar-refractivity contribution in [3.63, 3.8) is 0 Å². The van der Waals surface area contributed by atoms with Gasteiger partial charge in [0.05, 0.1) is 11.7 Å². The summed E-state index contributed by atoms with van der Waals surface area (Å²) in [7, 11) is 0. The Morgan fingerprint density at radius 3 is 3.17 bits per heavy atom. The van der Waals surface area contributed by atoms with Crippen LogP contribution in [0.2, 0.25) is 0 Å². The van der Waals surface area contributed by atoms with Crippen LogP contribution in [0.25, 0.3) is 0 Å². The zero-order chi connectivity index (χ0) is 8.55. The van der Waals surface area contributed by atoms with Gasteiger partial charge in [0.1, 0.15) is 0 Å². The average molecular weight is 180 g/mol. The van der Waals surface area contributed by atoms with Crippen molar-refractivity contribution in [1.29, 1.82) is 0 Å². The molecule has 3 heteroatoms. The zero-order valence-electron chi connectivity index (χ0n) is 7.24. The Labute approximate surface area is 76.9 Å². The van der Waals surface area contributed by atoms with Crippen molar-refractivity contribution in [3.05, 3.63) is 24.0 Å². The molecule has 1 aliphatic heterocycles. The first-order valence-corrected chi connectivity index (χ1v) is 4.98. The summed E-state index contributed by atoms with van der Waals surface area (Å²) in [5, 5.41) is 0. The maximum atomic E-state index is 4.38. The summed E-state index contributed by atoms with van der Waals surface area (Å²) >= 11 is 1.69. The van der Waals surface area contributed by atoms with Gasteiger partial charge in [-0.05, 0) is 30.0 Å². The van der Waals surface area contributed by atoms with Crippen LogP contribution < -0.4 is 4.72 Å². The molecule has 1 N–H and O–H groups in total. The first kappa shape index (κ1) is 8.08. The summed E-state index contributed by atoms with van der Waals surface area (Å²) in [5.41, 5.74) is 1.21. The normalized spacial score (nSPS) is 21.4. The number of aromatic nitrogens is 1. The Morgan fingerprint density at radius 1 is 1.58 bits per heavy atom. The van der Waals surface area contributed by atoms with Crippen LogP contribution in [-0.2, 0) is 0 Å². The second kappa shape index (κ2) is 3.07. The van der Waals surface area contributed by atoms with Crippen LogP contribution in [0.15, 0.2) is 23.2 Å². The molecule has 0 amide bonds. The Hall–Kier alpha value is -0.540. The molecule has 0 saturated heterocycles. The second-order valence-corrected chi connectivity index (χ2v) is 4.21. The van der Waals surface area contributed by atoms with Crippen LogP contribution in [0.1, 0.15) is 25.6 Å². The van der Waals surface area contributed by atoms with Crippen LogP contribution in [0, 0.1) is 5.92 Å². The van der Waals surface area contributed by atoms with E-state index in [-0.39, 0.29) is 0 Å². The molecule has 1 aromatic rings. The Bertz CT molecular complexity index is 286. The predicted molar refractivity (Wildman–Crippen MR) is 50.8 cm³/mol. The van der Waals surface area contributed by atoms with E-state index < -0.39 is 0 Å². The smallest absolute Gasteiger partial charge is 0.0733 e. The number of rotatable bonds is 1. The lowest BCUT2D eigenvalue weighted by Crippen LogP contribution is -2.15. The molecule has 2 rings (SSSR count). The maximum Gasteiger partial charge on any atom is 0.0733 e. The molecule has 64 valence electrons. The summed E-state index contributed by atoms with van der Waals surface area (Å²) in [6, 6.07) is 4.52. The number of nitrogens with one attached hydrogen (secondary N) is 1. The topological polar surface area (TPSA) is 24.9 Å². The first-order chi connectivity index (χ1) is 5.79. The molecule has 0 saturated carbocycles. The summed E-state index contributed by atoms with van der Waals surface area (Å²) in [6.07, 6.45) is 1.86. The second-order valence-electron chi connectivity index (χ2n) is 3.33. The fourth-order valence-corrected chi connectivity index (χ4v) is 2.43. The third kappa shape index (κ3) is 1.23. The average Bonchev–Trinajstić information content (AvgIpc) is 2.47. The minimum absolute atomic E-state index is 0.422. The molecule has 1 aromatic heterocycles. The van der Waals surface area contributed by atoms with E-state index in [9.17, 15) is 0 Å². The van der Waals surface area contributed by atoms with Crippen LogP contribution in [0.5, 0.6) is 0 Å². The first-order valence-electron chi connectivity index (χ1n) is 4.16. The SMILES string of the molecule is CC(C)C1NSc2cccnc21. The standard InChI is InChI=1S/C9H12N2S/c1-6(2)8-9-7(12-11-8)4-3-5-10-9/h3-6,8,11H,1-2H3. The van der Waals surface area contributed by atoms with Gasteiger partial charge in [-0.25, -0.2) is 0 Å². The molecule has 1 aliphatic rings. The molecule has 0 spiro atoms. The van der Waals surface area contributed by atoms with Gasteiger partial charge in [-0.1, -0.05) is 13.8 Å². The van der Waals surface area contributed by atoms with Crippen molar-refractivity contribution in [2.24, 2.45) is 5.92 Å². The summed E-state index contributed by atoms with van der Waals surface area (Å²) in [6.45, 7) is 4.42. The Kier molecular flexibility index (Phi) is 2.07. The summed E-state index contributed by atoms with van der Waals surface area (Å²) in [5.74, 6) is 0.605. The van der Waals surface area contributed by atoms with Crippen molar-refractivity contribution in [2.45, 2.75) is 24.8 Å². The van der Waals surface area contributed by atoms with E-state index in [1.165, 1.54) is 10.6 Å². The van der Waals surface area contributed by atoms with E-state index in [1.54, 1.807) is 11.9 Å². The summed E-state index contributed by atoms with van der Waals surface area (Å²) in [4.78, 5) is 5.65. The number of pyridine rings is 1. The molecule has 1 unspecified atom stereocenters. The van der Waals surface area contributed by atoms with E-state index in [2.05, 4.69) is 29.6 Å². The van der Waals surface area contributed by atoms with Crippen LogP contribution >= 0.6 is 11.9 Å². The minimum Gasteiger partial charge on any atom is -0.258 e. The molecule has 1 atom stereocenters. The van der Waals surface area contributed by atoms with Crippen molar-refractivity contribution in [3.8, 4) is 0 Å². The predicted octanol–water partition coefficient (Wildman–Crippen LogP) is 2.39. The van der Waals surface area contributed by atoms with Gasteiger partial charge in [-0.15, -0.1) is 0 Å². The molecule has 0 bridgehead atoms. The fourth-order valence-electron chi connectivity index (χ4n) is 1.36. The Balaban J connectivity index is 2.36. The van der Waals surface area contributed by atoms with Crippen molar-refractivity contribution in [2.75, 3.05) is 0 Å². The van der Waals surface area contributed by atoms with Crippen molar-refractivity contribution in [1.82, 2.24) is 9.71 Å². The van der Waals surface area contributed by atoms with E-state index >= 15 is 0 Å². The lowest BCUT2D eigenvalue weighted by Gasteiger charge is -2.13. The van der Waals surface area contributed by atoms with Crippen molar-refractivity contribution >= 4 is 11.9 Å². The van der Waals surface area contributed by atoms with Gasteiger partial charge in [-0.2, -0.15) is 0 Å².